The van der Waals surface area contributed by atoms with Crippen molar-refractivity contribution in [1.29, 1.82) is 0 Å². The third-order valence-corrected chi connectivity index (χ3v) is 6.15. The number of hydrogen-bond donors (Lipinski definition) is 1. The fourth-order valence-electron chi connectivity index (χ4n) is 4.34. The molecule has 3 rings (SSSR count). The summed E-state index contributed by atoms with van der Waals surface area (Å²) in [7, 11) is 1.81. The molecule has 5 nitrogen and oxygen atoms in total. The minimum absolute atomic E-state index is 0.0549. The van der Waals surface area contributed by atoms with Gasteiger partial charge in [0.05, 0.1) is 0 Å². The normalized spacial score (nSPS) is 14.8. The third-order valence-electron chi connectivity index (χ3n) is 6.15. The summed E-state index contributed by atoms with van der Waals surface area (Å²) in [6, 6.07) is 15.5. The highest BCUT2D eigenvalue weighted by Crippen LogP contribution is 2.21. The molecule has 2 amide bonds. The van der Waals surface area contributed by atoms with Gasteiger partial charge >= 0.3 is 0 Å². The Bertz CT molecular complexity index is 901. The van der Waals surface area contributed by atoms with Crippen LogP contribution in [-0.4, -0.2) is 42.9 Å². The minimum atomic E-state index is -0.542. The number of amides is 2. The minimum Gasteiger partial charge on any atom is -0.372 e. The fraction of sp³-hybridized carbons (Fsp3) is 0.481. The monoisotopic (exact) mass is 435 g/mol. The average molecular weight is 436 g/mol. The molecule has 1 aliphatic rings. The molecule has 1 saturated heterocycles. The van der Waals surface area contributed by atoms with Crippen molar-refractivity contribution in [1.82, 2.24) is 10.2 Å². The van der Waals surface area contributed by atoms with Gasteiger partial charge in [-0.1, -0.05) is 44.2 Å². The highest BCUT2D eigenvalue weighted by molar-refractivity contribution is 5.98. The Labute approximate surface area is 192 Å². The topological polar surface area (TPSA) is 52.7 Å². The van der Waals surface area contributed by atoms with Crippen molar-refractivity contribution in [2.75, 3.05) is 25.0 Å². The molecule has 32 heavy (non-hydrogen) atoms. The smallest absolute Gasteiger partial charge is 0.252 e. The first-order valence-corrected chi connectivity index (χ1v) is 11.8. The van der Waals surface area contributed by atoms with Gasteiger partial charge in [-0.05, 0) is 67.9 Å². The van der Waals surface area contributed by atoms with Crippen molar-refractivity contribution < 1.29 is 9.59 Å². The van der Waals surface area contributed by atoms with E-state index >= 15 is 0 Å². The first-order valence-electron chi connectivity index (χ1n) is 11.8. The predicted octanol–water partition coefficient (Wildman–Crippen LogP) is 4.79. The summed E-state index contributed by atoms with van der Waals surface area (Å²) in [4.78, 5) is 30.3. The highest BCUT2D eigenvalue weighted by Gasteiger charge is 2.26. The first-order chi connectivity index (χ1) is 15.3. The molecule has 172 valence electrons. The molecular formula is C27H37N3O2. The Morgan fingerprint density at radius 1 is 1.00 bits per heavy atom. The molecule has 0 radical (unpaired) electrons. The van der Waals surface area contributed by atoms with E-state index in [9.17, 15) is 9.59 Å². The maximum atomic E-state index is 13.3. The third kappa shape index (κ3) is 6.35. The first kappa shape index (κ1) is 23.8. The van der Waals surface area contributed by atoms with E-state index in [-0.39, 0.29) is 11.8 Å². The summed E-state index contributed by atoms with van der Waals surface area (Å²) in [6.07, 6.45) is 4.43. The van der Waals surface area contributed by atoms with E-state index in [0.29, 0.717) is 24.4 Å². The molecule has 0 bridgehead atoms. The van der Waals surface area contributed by atoms with Crippen molar-refractivity contribution in [2.24, 2.45) is 5.92 Å². The van der Waals surface area contributed by atoms with E-state index in [1.807, 2.05) is 32.2 Å². The number of hydrogen-bond acceptors (Lipinski definition) is 3. The lowest BCUT2D eigenvalue weighted by molar-refractivity contribution is -0.132. The molecule has 0 aromatic heterocycles. The van der Waals surface area contributed by atoms with Crippen molar-refractivity contribution in [3.63, 3.8) is 0 Å². The van der Waals surface area contributed by atoms with Gasteiger partial charge in [-0.15, -0.1) is 0 Å². The summed E-state index contributed by atoms with van der Waals surface area (Å²) in [5.41, 5.74) is 3.87. The van der Waals surface area contributed by atoms with E-state index in [2.05, 4.69) is 48.3 Å². The Morgan fingerprint density at radius 3 is 2.28 bits per heavy atom. The van der Waals surface area contributed by atoms with E-state index in [1.165, 1.54) is 24.9 Å². The largest absolute Gasteiger partial charge is 0.372 e. The lowest BCUT2D eigenvalue weighted by Gasteiger charge is -2.29. The summed E-state index contributed by atoms with van der Waals surface area (Å²) < 4.78 is 0. The number of benzene rings is 2. The summed E-state index contributed by atoms with van der Waals surface area (Å²) in [6.45, 7) is 8.81. The van der Waals surface area contributed by atoms with Crippen LogP contribution in [0.1, 0.15) is 61.0 Å². The molecule has 1 fully saturated rings. The zero-order valence-corrected chi connectivity index (χ0v) is 19.9. The van der Waals surface area contributed by atoms with Crippen LogP contribution in [0.2, 0.25) is 0 Å². The number of aryl methyl sites for hydroxylation is 1. The Morgan fingerprint density at radius 2 is 1.66 bits per heavy atom. The molecule has 2 aromatic carbocycles. The number of rotatable bonds is 8. The van der Waals surface area contributed by atoms with Gasteiger partial charge in [0, 0.05) is 37.9 Å². The quantitative estimate of drug-likeness (QED) is 0.649. The van der Waals surface area contributed by atoms with Crippen LogP contribution in [0.5, 0.6) is 0 Å². The van der Waals surface area contributed by atoms with Gasteiger partial charge in [0.15, 0.2) is 0 Å². The van der Waals surface area contributed by atoms with Gasteiger partial charge in [0.1, 0.15) is 6.04 Å². The number of likely N-dealkylation sites (N-methyl/N-ethyl adjacent to an activating group) is 1. The summed E-state index contributed by atoms with van der Waals surface area (Å²) >= 11 is 0. The number of piperidine rings is 1. The van der Waals surface area contributed by atoms with Crippen LogP contribution < -0.4 is 10.2 Å². The van der Waals surface area contributed by atoms with Crippen LogP contribution in [0.4, 0.5) is 5.69 Å². The van der Waals surface area contributed by atoms with Gasteiger partial charge in [0.2, 0.25) is 5.91 Å². The van der Waals surface area contributed by atoms with Gasteiger partial charge < -0.3 is 15.1 Å². The van der Waals surface area contributed by atoms with E-state index in [1.54, 1.807) is 11.0 Å². The van der Waals surface area contributed by atoms with Crippen LogP contribution in [0.25, 0.3) is 0 Å². The van der Waals surface area contributed by atoms with E-state index in [0.717, 1.165) is 24.2 Å². The second-order valence-corrected chi connectivity index (χ2v) is 9.38. The average Bonchev–Trinajstić information content (AvgIpc) is 2.79. The Kier molecular flexibility index (Phi) is 8.32. The van der Waals surface area contributed by atoms with E-state index < -0.39 is 6.04 Å². The standard InChI is InChI=1S/C27H37N3O2/c1-20(2)18-25(28-26(31)24-11-7-6-10-21(24)3)27(32)29(4)19-22-12-14-23(15-13-22)30-16-8-5-9-17-30/h6-7,10-15,20,25H,5,8-9,16-19H2,1-4H3,(H,28,31). The molecular weight excluding hydrogens is 398 g/mol. The maximum absolute atomic E-state index is 13.3. The number of nitrogens with zero attached hydrogens (tertiary/aromatic N) is 2. The summed E-state index contributed by atoms with van der Waals surface area (Å²) in [5, 5.41) is 2.99. The zero-order valence-electron chi connectivity index (χ0n) is 19.9. The van der Waals surface area contributed by atoms with Crippen LogP contribution in [-0.2, 0) is 11.3 Å². The summed E-state index contributed by atoms with van der Waals surface area (Å²) in [5.74, 6) is 0.0421. The van der Waals surface area contributed by atoms with Gasteiger partial charge in [-0.25, -0.2) is 0 Å². The lowest BCUT2D eigenvalue weighted by atomic mass is 10.0. The second kappa shape index (κ2) is 11.2. The van der Waals surface area contributed by atoms with Gasteiger partial charge in [-0.3, -0.25) is 9.59 Å². The molecule has 0 spiro atoms. The molecule has 0 aliphatic carbocycles. The van der Waals surface area contributed by atoms with Crippen LogP contribution in [0, 0.1) is 12.8 Å². The molecule has 1 heterocycles. The predicted molar refractivity (Wildman–Crippen MR) is 131 cm³/mol. The van der Waals surface area contributed by atoms with Crippen molar-refractivity contribution in [3.8, 4) is 0 Å². The molecule has 5 heteroatoms. The Hall–Kier alpha value is -2.82. The lowest BCUT2D eigenvalue weighted by Crippen LogP contribution is -2.47. The molecule has 1 atom stereocenters. The van der Waals surface area contributed by atoms with Crippen LogP contribution in [0.3, 0.4) is 0 Å². The fourth-order valence-corrected chi connectivity index (χ4v) is 4.34. The maximum Gasteiger partial charge on any atom is 0.252 e. The SMILES string of the molecule is Cc1ccccc1C(=O)NC(CC(C)C)C(=O)N(C)Cc1ccc(N2CCCCC2)cc1. The Balaban J connectivity index is 1.65. The highest BCUT2D eigenvalue weighted by atomic mass is 16.2. The molecule has 1 aliphatic heterocycles. The molecule has 2 aromatic rings. The number of anilines is 1. The zero-order chi connectivity index (χ0) is 23.1. The van der Waals surface area contributed by atoms with Gasteiger partial charge in [-0.2, -0.15) is 0 Å². The van der Waals surface area contributed by atoms with Crippen LogP contribution >= 0.6 is 0 Å². The van der Waals surface area contributed by atoms with Crippen molar-refractivity contribution in [2.45, 2.75) is 59.0 Å². The van der Waals surface area contributed by atoms with Gasteiger partial charge in [0.25, 0.3) is 5.91 Å². The van der Waals surface area contributed by atoms with E-state index in [4.69, 9.17) is 0 Å². The molecule has 1 unspecified atom stereocenters. The number of carbonyl (C=O) groups is 2. The van der Waals surface area contributed by atoms with Crippen molar-refractivity contribution >= 4 is 17.5 Å². The molecule has 0 saturated carbocycles. The number of carbonyl (C=O) groups excluding carboxylic acids is 2. The molecule has 1 N–H and O–H groups in total. The van der Waals surface area contributed by atoms with Crippen LogP contribution in [0.15, 0.2) is 48.5 Å². The second-order valence-electron chi connectivity index (χ2n) is 9.38. The van der Waals surface area contributed by atoms with Crippen molar-refractivity contribution in [3.05, 3.63) is 65.2 Å². The number of nitrogens with one attached hydrogen (secondary N) is 1.